The van der Waals surface area contributed by atoms with Crippen LogP contribution >= 0.6 is 0 Å². The molecule has 0 unspecified atom stereocenters. The molecule has 5 nitrogen and oxygen atoms in total. The Morgan fingerprint density at radius 3 is 2.29 bits per heavy atom. The van der Waals surface area contributed by atoms with E-state index in [-0.39, 0.29) is 0 Å². The zero-order valence-electron chi connectivity index (χ0n) is 9.88. The minimum absolute atomic E-state index is 0.492. The van der Waals surface area contributed by atoms with Crippen molar-refractivity contribution < 1.29 is 9.47 Å². The Labute approximate surface area is 99.8 Å². The molecule has 0 bridgehead atoms. The molecule has 0 radical (unpaired) electrons. The zero-order chi connectivity index (χ0) is 12.3. The summed E-state index contributed by atoms with van der Waals surface area (Å²) in [6, 6.07) is 5.73. The lowest BCUT2D eigenvalue weighted by atomic mass is 10.2. The van der Waals surface area contributed by atoms with Gasteiger partial charge in [0.25, 0.3) is 0 Å². The van der Waals surface area contributed by atoms with E-state index in [0.29, 0.717) is 12.5 Å². The molecule has 90 valence electrons. The van der Waals surface area contributed by atoms with E-state index in [1.54, 1.807) is 20.4 Å². The monoisotopic (exact) mass is 233 g/mol. The van der Waals surface area contributed by atoms with Crippen molar-refractivity contribution in [2.45, 2.75) is 6.54 Å². The van der Waals surface area contributed by atoms with Crippen LogP contribution in [0.1, 0.15) is 5.56 Å². The smallest absolute Gasteiger partial charge is 0.200 e. The number of nitrogens with two attached hydrogens (primary N) is 1. The number of anilines is 1. The maximum Gasteiger partial charge on any atom is 0.200 e. The van der Waals surface area contributed by atoms with Gasteiger partial charge in [-0.25, -0.2) is 4.98 Å². The van der Waals surface area contributed by atoms with Gasteiger partial charge in [0.05, 0.1) is 20.8 Å². The van der Waals surface area contributed by atoms with Crippen LogP contribution in [0.3, 0.4) is 0 Å². The molecule has 0 spiro atoms. The molecule has 1 aromatic carbocycles. The number of hydrogen-bond donors (Lipinski definition) is 1. The summed E-state index contributed by atoms with van der Waals surface area (Å²) in [6.07, 6.45) is 3.51. The summed E-state index contributed by atoms with van der Waals surface area (Å²) in [4.78, 5) is 3.98. The molecule has 0 amide bonds. The minimum Gasteiger partial charge on any atom is -0.497 e. The van der Waals surface area contributed by atoms with Gasteiger partial charge in [0, 0.05) is 18.5 Å². The highest BCUT2D eigenvalue weighted by Crippen LogP contribution is 2.23. The van der Waals surface area contributed by atoms with Crippen LogP contribution in [0, 0.1) is 0 Å². The largest absolute Gasteiger partial charge is 0.497 e. The first-order chi connectivity index (χ1) is 8.22. The maximum atomic E-state index is 5.72. The summed E-state index contributed by atoms with van der Waals surface area (Å²) in [7, 11) is 3.26. The van der Waals surface area contributed by atoms with E-state index in [9.17, 15) is 0 Å². The van der Waals surface area contributed by atoms with Crippen LogP contribution in [0.2, 0.25) is 0 Å². The van der Waals surface area contributed by atoms with E-state index >= 15 is 0 Å². The molecule has 0 aliphatic carbocycles. The van der Waals surface area contributed by atoms with Crippen LogP contribution in [-0.4, -0.2) is 23.8 Å². The van der Waals surface area contributed by atoms with Crippen LogP contribution < -0.4 is 15.2 Å². The van der Waals surface area contributed by atoms with Gasteiger partial charge in [-0.1, -0.05) is 0 Å². The van der Waals surface area contributed by atoms with Crippen molar-refractivity contribution in [2.75, 3.05) is 20.0 Å². The summed E-state index contributed by atoms with van der Waals surface area (Å²) in [5, 5.41) is 0. The van der Waals surface area contributed by atoms with Crippen LogP contribution in [0.5, 0.6) is 11.5 Å². The maximum absolute atomic E-state index is 5.72. The topological polar surface area (TPSA) is 62.3 Å². The number of rotatable bonds is 4. The lowest BCUT2D eigenvalue weighted by molar-refractivity contribution is 0.393. The highest BCUT2D eigenvalue weighted by Gasteiger charge is 2.04. The Morgan fingerprint density at radius 2 is 1.82 bits per heavy atom. The van der Waals surface area contributed by atoms with Gasteiger partial charge in [-0.2, -0.15) is 0 Å². The van der Waals surface area contributed by atoms with Crippen LogP contribution in [0.15, 0.2) is 30.6 Å². The Morgan fingerprint density at radius 1 is 1.18 bits per heavy atom. The van der Waals surface area contributed by atoms with Crippen molar-refractivity contribution in [3.8, 4) is 11.5 Å². The van der Waals surface area contributed by atoms with E-state index in [2.05, 4.69) is 4.98 Å². The average molecular weight is 233 g/mol. The van der Waals surface area contributed by atoms with E-state index in [0.717, 1.165) is 17.1 Å². The highest BCUT2D eigenvalue weighted by atomic mass is 16.5. The van der Waals surface area contributed by atoms with Crippen LogP contribution in [0.25, 0.3) is 0 Å². The molecule has 0 saturated carbocycles. The molecule has 0 aliphatic heterocycles. The molecule has 5 heteroatoms. The number of hydrogen-bond acceptors (Lipinski definition) is 4. The first-order valence-electron chi connectivity index (χ1n) is 5.21. The van der Waals surface area contributed by atoms with Crippen molar-refractivity contribution in [1.82, 2.24) is 9.55 Å². The summed E-state index contributed by atoms with van der Waals surface area (Å²) < 4.78 is 12.3. The molecule has 17 heavy (non-hydrogen) atoms. The molecular weight excluding hydrogens is 218 g/mol. The summed E-state index contributed by atoms with van der Waals surface area (Å²) in [5.41, 5.74) is 6.77. The normalized spacial score (nSPS) is 10.2. The van der Waals surface area contributed by atoms with Gasteiger partial charge < -0.3 is 19.8 Å². The third-order valence-corrected chi connectivity index (χ3v) is 2.51. The van der Waals surface area contributed by atoms with Crippen molar-refractivity contribution in [2.24, 2.45) is 0 Å². The third-order valence-electron chi connectivity index (χ3n) is 2.51. The second kappa shape index (κ2) is 4.78. The predicted molar refractivity (Wildman–Crippen MR) is 65.3 cm³/mol. The fourth-order valence-electron chi connectivity index (χ4n) is 1.63. The quantitative estimate of drug-likeness (QED) is 0.870. The summed E-state index contributed by atoms with van der Waals surface area (Å²) in [6.45, 7) is 0.638. The van der Waals surface area contributed by atoms with Gasteiger partial charge in [-0.15, -0.1) is 0 Å². The van der Waals surface area contributed by atoms with Crippen molar-refractivity contribution >= 4 is 5.95 Å². The molecule has 0 atom stereocenters. The van der Waals surface area contributed by atoms with Crippen molar-refractivity contribution in [3.63, 3.8) is 0 Å². The Hall–Kier alpha value is -2.17. The third kappa shape index (κ3) is 2.50. The molecule has 2 N–H and O–H groups in total. The Balaban J connectivity index is 2.29. The molecule has 1 aromatic heterocycles. The average Bonchev–Trinajstić information content (AvgIpc) is 2.74. The molecule has 0 fully saturated rings. The molecule has 1 heterocycles. The fraction of sp³-hybridized carbons (Fsp3) is 0.250. The number of aromatic nitrogens is 2. The molecule has 0 saturated heterocycles. The number of benzene rings is 1. The molecular formula is C12H15N3O2. The van der Waals surface area contributed by atoms with Crippen LogP contribution in [0.4, 0.5) is 5.95 Å². The molecule has 2 rings (SSSR count). The first-order valence-corrected chi connectivity index (χ1v) is 5.21. The number of nitrogen functional groups attached to an aromatic ring is 1. The predicted octanol–water partition coefficient (Wildman–Crippen LogP) is 1.53. The Kier molecular flexibility index (Phi) is 3.18. The summed E-state index contributed by atoms with van der Waals surface area (Å²) >= 11 is 0. The lowest BCUT2D eigenvalue weighted by Crippen LogP contribution is -2.04. The van der Waals surface area contributed by atoms with Gasteiger partial charge in [0.1, 0.15) is 11.5 Å². The van der Waals surface area contributed by atoms with Gasteiger partial charge in [0.2, 0.25) is 0 Å². The van der Waals surface area contributed by atoms with Gasteiger partial charge in [-0.05, 0) is 17.7 Å². The highest BCUT2D eigenvalue weighted by molar-refractivity contribution is 5.39. The van der Waals surface area contributed by atoms with Gasteiger partial charge in [0.15, 0.2) is 5.95 Å². The lowest BCUT2D eigenvalue weighted by Gasteiger charge is -2.09. The number of ether oxygens (including phenoxy) is 2. The Bertz CT molecular complexity index is 486. The first kappa shape index (κ1) is 11.3. The zero-order valence-corrected chi connectivity index (χ0v) is 9.88. The van der Waals surface area contributed by atoms with E-state index < -0.39 is 0 Å². The number of nitrogens with zero attached hydrogens (tertiary/aromatic N) is 2. The van der Waals surface area contributed by atoms with E-state index in [4.69, 9.17) is 15.2 Å². The SMILES string of the molecule is COc1cc(Cn2ccnc2N)cc(OC)c1. The molecule has 2 aromatic rings. The van der Waals surface area contributed by atoms with E-state index in [1.165, 1.54) is 0 Å². The van der Waals surface area contributed by atoms with Gasteiger partial charge in [-0.3, -0.25) is 0 Å². The second-order valence-electron chi connectivity index (χ2n) is 3.63. The number of imidazole rings is 1. The standard InChI is InChI=1S/C12H15N3O2/c1-16-10-5-9(6-11(7-10)17-2)8-15-4-3-14-12(15)13/h3-7H,8H2,1-2H3,(H2,13,14). The molecule has 0 aliphatic rings. The summed E-state index contributed by atoms with van der Waals surface area (Å²) in [5.74, 6) is 2.02. The van der Waals surface area contributed by atoms with Gasteiger partial charge >= 0.3 is 0 Å². The van der Waals surface area contributed by atoms with Crippen molar-refractivity contribution in [3.05, 3.63) is 36.2 Å². The number of methoxy groups -OCH3 is 2. The van der Waals surface area contributed by atoms with Crippen molar-refractivity contribution in [1.29, 1.82) is 0 Å². The van der Waals surface area contributed by atoms with Crippen LogP contribution in [-0.2, 0) is 6.54 Å². The fourth-order valence-corrected chi connectivity index (χ4v) is 1.63. The van der Waals surface area contributed by atoms with E-state index in [1.807, 2.05) is 29.0 Å². The minimum atomic E-state index is 0.492. The second-order valence-corrected chi connectivity index (χ2v) is 3.63.